The van der Waals surface area contributed by atoms with Crippen molar-refractivity contribution in [1.29, 1.82) is 0 Å². The third-order valence-corrected chi connectivity index (χ3v) is 4.22. The molecule has 0 aliphatic carbocycles. The molecule has 1 heterocycles. The number of piperazine rings is 1. The summed E-state index contributed by atoms with van der Waals surface area (Å²) in [5.74, 6) is 0.668. The Morgan fingerprint density at radius 3 is 2.78 bits per heavy atom. The molecule has 2 nitrogen and oxygen atoms in total. The van der Waals surface area contributed by atoms with Crippen molar-refractivity contribution in [2.75, 3.05) is 19.6 Å². The Morgan fingerprint density at radius 2 is 2.11 bits per heavy atom. The van der Waals surface area contributed by atoms with Gasteiger partial charge < -0.3 is 5.32 Å². The van der Waals surface area contributed by atoms with Gasteiger partial charge in [-0.1, -0.05) is 43.1 Å². The van der Waals surface area contributed by atoms with Crippen LogP contribution in [-0.2, 0) is 6.54 Å². The van der Waals surface area contributed by atoms with E-state index < -0.39 is 0 Å². The zero-order valence-corrected chi connectivity index (χ0v) is 12.4. The van der Waals surface area contributed by atoms with Crippen molar-refractivity contribution in [3.8, 4) is 0 Å². The van der Waals surface area contributed by atoms with Crippen LogP contribution in [0.4, 0.5) is 0 Å². The van der Waals surface area contributed by atoms with Gasteiger partial charge >= 0.3 is 0 Å². The van der Waals surface area contributed by atoms with E-state index in [1.807, 2.05) is 12.1 Å². The number of hydrogen-bond acceptors (Lipinski definition) is 2. The molecule has 0 aromatic heterocycles. The van der Waals surface area contributed by atoms with E-state index >= 15 is 0 Å². The number of hydrogen-bond donors (Lipinski definition) is 1. The molecule has 4 heteroatoms. The van der Waals surface area contributed by atoms with E-state index in [1.165, 1.54) is 5.56 Å². The summed E-state index contributed by atoms with van der Waals surface area (Å²) < 4.78 is 0. The smallest absolute Gasteiger partial charge is 0.0595 e. The summed E-state index contributed by atoms with van der Waals surface area (Å²) in [5, 5.41) is 4.83. The lowest BCUT2D eigenvalue weighted by atomic mass is 10.0. The van der Waals surface area contributed by atoms with E-state index in [-0.39, 0.29) is 0 Å². The van der Waals surface area contributed by atoms with Gasteiger partial charge in [-0.3, -0.25) is 4.90 Å². The van der Waals surface area contributed by atoms with E-state index in [2.05, 4.69) is 30.1 Å². The van der Waals surface area contributed by atoms with Crippen LogP contribution in [0.25, 0.3) is 0 Å². The van der Waals surface area contributed by atoms with E-state index in [1.54, 1.807) is 0 Å². The molecule has 0 saturated carbocycles. The van der Waals surface area contributed by atoms with Crippen LogP contribution in [0, 0.1) is 5.92 Å². The topological polar surface area (TPSA) is 15.3 Å². The van der Waals surface area contributed by atoms with Crippen molar-refractivity contribution in [3.05, 3.63) is 33.8 Å². The van der Waals surface area contributed by atoms with Crippen LogP contribution in [0.2, 0.25) is 10.0 Å². The second kappa shape index (κ2) is 6.25. The van der Waals surface area contributed by atoms with Gasteiger partial charge in [0, 0.05) is 32.2 Å². The third kappa shape index (κ3) is 3.61. The van der Waals surface area contributed by atoms with Gasteiger partial charge in [0.1, 0.15) is 0 Å². The molecule has 1 fully saturated rings. The molecule has 0 bridgehead atoms. The normalized spacial score (nSPS) is 21.5. The van der Waals surface area contributed by atoms with Gasteiger partial charge in [0.05, 0.1) is 10.0 Å². The zero-order chi connectivity index (χ0) is 13.1. The predicted molar refractivity (Wildman–Crippen MR) is 78.4 cm³/mol. The molecule has 100 valence electrons. The van der Waals surface area contributed by atoms with Gasteiger partial charge in [0.2, 0.25) is 0 Å². The van der Waals surface area contributed by atoms with Crippen LogP contribution in [0.5, 0.6) is 0 Å². The highest BCUT2D eigenvalue weighted by Crippen LogP contribution is 2.23. The summed E-state index contributed by atoms with van der Waals surface area (Å²) in [5.41, 5.74) is 1.23. The summed E-state index contributed by atoms with van der Waals surface area (Å²) in [6, 6.07) is 6.49. The molecule has 1 aliphatic rings. The van der Waals surface area contributed by atoms with Gasteiger partial charge in [0.15, 0.2) is 0 Å². The Balaban J connectivity index is 1.98. The zero-order valence-electron chi connectivity index (χ0n) is 10.9. The fourth-order valence-corrected chi connectivity index (χ4v) is 2.65. The van der Waals surface area contributed by atoms with Gasteiger partial charge in [-0.2, -0.15) is 0 Å². The second-order valence-electron chi connectivity index (χ2n) is 5.29. The summed E-state index contributed by atoms with van der Waals surface area (Å²) >= 11 is 12.0. The molecule has 1 aromatic rings. The van der Waals surface area contributed by atoms with Crippen molar-refractivity contribution in [1.82, 2.24) is 10.2 Å². The third-order valence-electron chi connectivity index (χ3n) is 3.48. The lowest BCUT2D eigenvalue weighted by molar-refractivity contribution is 0.168. The highest BCUT2D eigenvalue weighted by atomic mass is 35.5. The Kier molecular flexibility index (Phi) is 4.91. The molecule has 18 heavy (non-hydrogen) atoms. The van der Waals surface area contributed by atoms with Crippen molar-refractivity contribution < 1.29 is 0 Å². The summed E-state index contributed by atoms with van der Waals surface area (Å²) in [6.45, 7) is 8.72. The minimum absolute atomic E-state index is 0.585. The van der Waals surface area contributed by atoms with Gasteiger partial charge in [-0.05, 0) is 23.6 Å². The molecule has 1 unspecified atom stereocenters. The fraction of sp³-hybridized carbons (Fsp3) is 0.571. The molecule has 1 N–H and O–H groups in total. The quantitative estimate of drug-likeness (QED) is 0.916. The molecule has 1 saturated heterocycles. The first-order valence-corrected chi connectivity index (χ1v) is 7.21. The minimum atomic E-state index is 0.585. The second-order valence-corrected chi connectivity index (χ2v) is 6.10. The highest BCUT2D eigenvalue weighted by Gasteiger charge is 2.21. The molecule has 1 aliphatic heterocycles. The average molecular weight is 287 g/mol. The molecule has 1 atom stereocenters. The van der Waals surface area contributed by atoms with Gasteiger partial charge in [-0.15, -0.1) is 0 Å². The van der Waals surface area contributed by atoms with Crippen LogP contribution in [0.15, 0.2) is 18.2 Å². The molecule has 0 amide bonds. The molecule has 1 aromatic carbocycles. The predicted octanol–water partition coefficient (Wildman–Crippen LogP) is 3.42. The van der Waals surface area contributed by atoms with Crippen LogP contribution in [0.1, 0.15) is 19.4 Å². The largest absolute Gasteiger partial charge is 0.311 e. The maximum atomic E-state index is 6.05. The Labute approximate surface area is 119 Å². The summed E-state index contributed by atoms with van der Waals surface area (Å²) in [7, 11) is 0. The minimum Gasteiger partial charge on any atom is -0.311 e. The Bertz CT molecular complexity index is 407. The molecular weight excluding hydrogens is 267 g/mol. The monoisotopic (exact) mass is 286 g/mol. The van der Waals surface area contributed by atoms with Gasteiger partial charge in [0.25, 0.3) is 0 Å². The molecule has 0 radical (unpaired) electrons. The van der Waals surface area contributed by atoms with E-state index in [4.69, 9.17) is 23.2 Å². The maximum Gasteiger partial charge on any atom is 0.0595 e. The first-order valence-electron chi connectivity index (χ1n) is 6.46. The van der Waals surface area contributed by atoms with Crippen molar-refractivity contribution in [2.24, 2.45) is 5.92 Å². The van der Waals surface area contributed by atoms with E-state index in [0.29, 0.717) is 22.0 Å². The lowest BCUT2D eigenvalue weighted by Gasteiger charge is -2.35. The van der Waals surface area contributed by atoms with Gasteiger partial charge in [-0.25, -0.2) is 0 Å². The number of nitrogens with one attached hydrogen (secondary N) is 1. The first-order chi connectivity index (χ1) is 8.56. The number of nitrogens with zero attached hydrogens (tertiary/aromatic N) is 1. The molecule has 2 rings (SSSR count). The standard InChI is InChI=1S/C14H20Cl2N2/c1-10(2)14-9-18(6-5-17-14)8-11-3-4-12(15)13(16)7-11/h3-4,7,10,14,17H,5-6,8-9H2,1-2H3. The average Bonchev–Trinajstić information content (AvgIpc) is 2.34. The fourth-order valence-electron chi connectivity index (χ4n) is 2.33. The summed E-state index contributed by atoms with van der Waals surface area (Å²) in [6.07, 6.45) is 0. The van der Waals surface area contributed by atoms with Crippen molar-refractivity contribution >= 4 is 23.2 Å². The number of halogens is 2. The lowest BCUT2D eigenvalue weighted by Crippen LogP contribution is -2.52. The number of rotatable bonds is 3. The Morgan fingerprint density at radius 1 is 1.33 bits per heavy atom. The number of benzene rings is 1. The van der Waals surface area contributed by atoms with Crippen LogP contribution >= 0.6 is 23.2 Å². The Hall–Kier alpha value is -0.280. The molecule has 0 spiro atoms. The van der Waals surface area contributed by atoms with Crippen LogP contribution in [-0.4, -0.2) is 30.6 Å². The van der Waals surface area contributed by atoms with Crippen molar-refractivity contribution in [2.45, 2.75) is 26.4 Å². The molecular formula is C14H20Cl2N2. The highest BCUT2D eigenvalue weighted by molar-refractivity contribution is 6.42. The SMILES string of the molecule is CC(C)C1CN(Cc2ccc(Cl)c(Cl)c2)CCN1. The van der Waals surface area contributed by atoms with E-state index in [9.17, 15) is 0 Å². The van der Waals surface area contributed by atoms with E-state index in [0.717, 1.165) is 26.2 Å². The van der Waals surface area contributed by atoms with Crippen molar-refractivity contribution in [3.63, 3.8) is 0 Å². The van der Waals surface area contributed by atoms with Crippen LogP contribution in [0.3, 0.4) is 0 Å². The maximum absolute atomic E-state index is 6.05. The summed E-state index contributed by atoms with van der Waals surface area (Å²) in [4.78, 5) is 2.47. The first kappa shape index (κ1) is 14.1. The van der Waals surface area contributed by atoms with Crippen LogP contribution < -0.4 is 5.32 Å².